The van der Waals surface area contributed by atoms with Crippen molar-refractivity contribution in [3.63, 3.8) is 0 Å². The van der Waals surface area contributed by atoms with E-state index >= 15 is 0 Å². The van der Waals surface area contributed by atoms with Crippen LogP contribution in [0.2, 0.25) is 0 Å². The van der Waals surface area contributed by atoms with Crippen LogP contribution in [0.3, 0.4) is 0 Å². The fourth-order valence-corrected chi connectivity index (χ4v) is 2.32. The third kappa shape index (κ3) is 2.63. The molecular formula is C11H12FNO3S. The predicted molar refractivity (Wildman–Crippen MR) is 60.6 cm³/mol. The van der Waals surface area contributed by atoms with Crippen LogP contribution in [0.1, 0.15) is 13.3 Å². The molecule has 0 aromatic heterocycles. The van der Waals surface area contributed by atoms with E-state index in [9.17, 15) is 17.1 Å². The Morgan fingerprint density at radius 2 is 2.00 bits per heavy atom. The molecule has 2 rings (SSSR count). The maximum absolute atomic E-state index is 12.9. The van der Waals surface area contributed by atoms with Gasteiger partial charge < -0.3 is 5.32 Å². The van der Waals surface area contributed by atoms with Gasteiger partial charge in [-0.1, -0.05) is 19.1 Å². The SMILES string of the molecule is CC1CC1C(=O)Nc1ccccc1S(=O)(=O)F. The number of amides is 1. The quantitative estimate of drug-likeness (QED) is 0.842. The van der Waals surface area contributed by atoms with Gasteiger partial charge in [-0.25, -0.2) is 0 Å². The topological polar surface area (TPSA) is 63.2 Å². The number of nitrogens with one attached hydrogen (secondary N) is 1. The zero-order valence-electron chi connectivity index (χ0n) is 9.18. The summed E-state index contributed by atoms with van der Waals surface area (Å²) in [6.45, 7) is 1.93. The highest BCUT2D eigenvalue weighted by Crippen LogP contribution is 2.38. The molecule has 1 saturated carbocycles. The van der Waals surface area contributed by atoms with Crippen LogP contribution >= 0.6 is 0 Å². The van der Waals surface area contributed by atoms with Crippen molar-refractivity contribution in [1.29, 1.82) is 0 Å². The second-order valence-corrected chi connectivity index (χ2v) is 5.56. The van der Waals surface area contributed by atoms with E-state index in [1.54, 1.807) is 6.07 Å². The van der Waals surface area contributed by atoms with Crippen molar-refractivity contribution in [2.24, 2.45) is 11.8 Å². The van der Waals surface area contributed by atoms with E-state index in [1.165, 1.54) is 12.1 Å². The van der Waals surface area contributed by atoms with E-state index in [-0.39, 0.29) is 17.5 Å². The van der Waals surface area contributed by atoms with Crippen molar-refractivity contribution in [3.8, 4) is 0 Å². The van der Waals surface area contributed by atoms with Gasteiger partial charge in [0.15, 0.2) is 0 Å². The summed E-state index contributed by atoms with van der Waals surface area (Å²) >= 11 is 0. The van der Waals surface area contributed by atoms with Crippen LogP contribution in [0.4, 0.5) is 9.57 Å². The molecule has 1 aromatic rings. The van der Waals surface area contributed by atoms with Gasteiger partial charge >= 0.3 is 10.2 Å². The number of halogens is 1. The molecule has 4 nitrogen and oxygen atoms in total. The minimum atomic E-state index is -4.81. The number of benzene rings is 1. The Bertz CT molecular complexity index is 556. The lowest BCUT2D eigenvalue weighted by Gasteiger charge is -2.07. The van der Waals surface area contributed by atoms with Crippen LogP contribution in [-0.2, 0) is 15.0 Å². The molecule has 1 N–H and O–H groups in total. The smallest absolute Gasteiger partial charge is 0.325 e. The number of carbonyl (C=O) groups is 1. The zero-order chi connectivity index (χ0) is 12.6. The van der Waals surface area contributed by atoms with Crippen LogP contribution in [0.5, 0.6) is 0 Å². The molecule has 2 unspecified atom stereocenters. The molecule has 1 aromatic carbocycles. The number of carbonyl (C=O) groups excluding carboxylic acids is 1. The van der Waals surface area contributed by atoms with Gasteiger partial charge in [-0.15, -0.1) is 3.89 Å². The lowest BCUT2D eigenvalue weighted by molar-refractivity contribution is -0.117. The van der Waals surface area contributed by atoms with E-state index in [2.05, 4.69) is 5.32 Å². The molecule has 0 aliphatic heterocycles. The number of para-hydroxylation sites is 1. The van der Waals surface area contributed by atoms with Crippen LogP contribution in [0.25, 0.3) is 0 Å². The first-order chi connectivity index (χ1) is 7.89. The standard InChI is InChI=1S/C11H12FNO3S/c1-7-6-8(7)11(14)13-9-4-2-3-5-10(9)17(12,15)16/h2-5,7-8H,6H2,1H3,(H,13,14). The van der Waals surface area contributed by atoms with Gasteiger partial charge in [0.1, 0.15) is 4.90 Å². The van der Waals surface area contributed by atoms with Crippen molar-refractivity contribution in [1.82, 2.24) is 0 Å². The van der Waals surface area contributed by atoms with Gasteiger partial charge in [0.05, 0.1) is 5.69 Å². The Labute approximate surface area is 99.0 Å². The molecule has 0 saturated heterocycles. The highest BCUT2D eigenvalue weighted by molar-refractivity contribution is 7.86. The van der Waals surface area contributed by atoms with E-state index in [0.29, 0.717) is 5.92 Å². The molecule has 1 amide bonds. The first kappa shape index (κ1) is 12.0. The van der Waals surface area contributed by atoms with E-state index in [4.69, 9.17) is 0 Å². The second kappa shape index (κ2) is 4.10. The lowest BCUT2D eigenvalue weighted by Crippen LogP contribution is -2.16. The molecular weight excluding hydrogens is 245 g/mol. The minimum Gasteiger partial charge on any atom is -0.325 e. The average molecular weight is 257 g/mol. The number of hydrogen-bond acceptors (Lipinski definition) is 3. The molecule has 2 atom stereocenters. The highest BCUT2D eigenvalue weighted by Gasteiger charge is 2.39. The monoisotopic (exact) mass is 257 g/mol. The van der Waals surface area contributed by atoms with Crippen molar-refractivity contribution < 1.29 is 17.1 Å². The summed E-state index contributed by atoms with van der Waals surface area (Å²) in [5, 5.41) is 2.45. The second-order valence-electron chi connectivity index (χ2n) is 4.24. The van der Waals surface area contributed by atoms with Gasteiger partial charge in [0.2, 0.25) is 5.91 Å². The first-order valence-electron chi connectivity index (χ1n) is 5.24. The maximum Gasteiger partial charge on any atom is 0.334 e. The van der Waals surface area contributed by atoms with Crippen LogP contribution in [0, 0.1) is 11.8 Å². The molecule has 92 valence electrons. The minimum absolute atomic E-state index is 0.000833. The van der Waals surface area contributed by atoms with Gasteiger partial charge in [-0.2, -0.15) is 8.42 Å². The Balaban J connectivity index is 2.24. The van der Waals surface area contributed by atoms with Crippen LogP contribution in [-0.4, -0.2) is 14.3 Å². The molecule has 1 fully saturated rings. The van der Waals surface area contributed by atoms with Gasteiger partial charge in [-0.05, 0) is 24.5 Å². The van der Waals surface area contributed by atoms with E-state index in [0.717, 1.165) is 12.5 Å². The Hall–Kier alpha value is -1.43. The molecule has 0 spiro atoms. The molecule has 17 heavy (non-hydrogen) atoms. The molecule has 0 heterocycles. The largest absolute Gasteiger partial charge is 0.334 e. The van der Waals surface area contributed by atoms with Gasteiger partial charge in [0, 0.05) is 5.92 Å². The van der Waals surface area contributed by atoms with Gasteiger partial charge in [-0.3, -0.25) is 4.79 Å². The summed E-state index contributed by atoms with van der Waals surface area (Å²) in [6, 6.07) is 5.45. The van der Waals surface area contributed by atoms with E-state index in [1.807, 2.05) is 6.92 Å². The number of hydrogen-bond donors (Lipinski definition) is 1. The third-order valence-corrected chi connectivity index (χ3v) is 3.74. The predicted octanol–water partition coefficient (Wildman–Crippen LogP) is 1.94. The van der Waals surface area contributed by atoms with Crippen molar-refractivity contribution >= 4 is 21.8 Å². The normalized spacial score (nSPS) is 23.2. The number of rotatable bonds is 3. The van der Waals surface area contributed by atoms with Crippen LogP contribution < -0.4 is 5.32 Å². The van der Waals surface area contributed by atoms with Gasteiger partial charge in [0.25, 0.3) is 0 Å². The summed E-state index contributed by atoms with van der Waals surface area (Å²) in [5.74, 6) is -0.0388. The summed E-state index contributed by atoms with van der Waals surface area (Å²) in [4.78, 5) is 11.1. The van der Waals surface area contributed by atoms with Crippen LogP contribution in [0.15, 0.2) is 29.2 Å². The first-order valence-corrected chi connectivity index (χ1v) is 6.62. The lowest BCUT2D eigenvalue weighted by atomic mass is 10.3. The Kier molecular flexibility index (Phi) is 2.91. The zero-order valence-corrected chi connectivity index (χ0v) is 10.00. The average Bonchev–Trinajstić information content (AvgIpc) is 2.95. The fraction of sp³-hybridized carbons (Fsp3) is 0.364. The fourth-order valence-electron chi connectivity index (χ4n) is 1.70. The molecule has 6 heteroatoms. The Morgan fingerprint density at radius 3 is 2.53 bits per heavy atom. The summed E-state index contributed by atoms with van der Waals surface area (Å²) in [7, 11) is -4.81. The summed E-state index contributed by atoms with van der Waals surface area (Å²) in [5.41, 5.74) is -0.000833. The summed E-state index contributed by atoms with van der Waals surface area (Å²) in [6.07, 6.45) is 0.788. The molecule has 0 bridgehead atoms. The highest BCUT2D eigenvalue weighted by atomic mass is 32.3. The molecule has 0 radical (unpaired) electrons. The third-order valence-electron chi connectivity index (χ3n) is 2.85. The Morgan fingerprint density at radius 1 is 1.41 bits per heavy atom. The number of anilines is 1. The maximum atomic E-state index is 12.9. The summed E-state index contributed by atoms with van der Waals surface area (Å²) < 4.78 is 34.7. The molecule has 1 aliphatic carbocycles. The van der Waals surface area contributed by atoms with E-state index < -0.39 is 15.1 Å². The molecule has 1 aliphatic rings. The van der Waals surface area contributed by atoms with Crippen molar-refractivity contribution in [3.05, 3.63) is 24.3 Å². The van der Waals surface area contributed by atoms with Crippen molar-refractivity contribution in [2.45, 2.75) is 18.2 Å². The van der Waals surface area contributed by atoms with Crippen molar-refractivity contribution in [2.75, 3.05) is 5.32 Å².